The lowest BCUT2D eigenvalue weighted by molar-refractivity contribution is 0.0730. The fourth-order valence-electron chi connectivity index (χ4n) is 2.12. The number of sulfonamides is 1. The second-order valence-electron chi connectivity index (χ2n) is 4.83. The van der Waals surface area contributed by atoms with E-state index in [0.29, 0.717) is 37.0 Å². The molecule has 3 rings (SSSR count). The first-order valence-electron chi connectivity index (χ1n) is 6.96. The Bertz CT molecular complexity index is 783. The lowest BCUT2D eigenvalue weighted by atomic mass is 10.4. The minimum Gasteiger partial charge on any atom is -0.379 e. The molecule has 3 heterocycles. The lowest BCUT2D eigenvalue weighted by Crippen LogP contribution is -2.40. The summed E-state index contributed by atoms with van der Waals surface area (Å²) < 4.78 is 31.6. The number of carbonyl (C=O) groups is 1. The van der Waals surface area contributed by atoms with Crippen LogP contribution in [0.1, 0.15) is 9.67 Å². The van der Waals surface area contributed by atoms with Crippen LogP contribution >= 0.6 is 11.3 Å². The minimum absolute atomic E-state index is 0.135. The maximum Gasteiger partial charge on any atom is 0.266 e. The second-order valence-corrected chi connectivity index (χ2v) is 7.68. The first-order valence-corrected chi connectivity index (χ1v) is 9.28. The van der Waals surface area contributed by atoms with Gasteiger partial charge < -0.3 is 10.1 Å². The Kier molecular flexibility index (Phi) is 4.71. The van der Waals surface area contributed by atoms with Gasteiger partial charge in [0.15, 0.2) is 0 Å². The molecule has 0 saturated carbocycles. The van der Waals surface area contributed by atoms with Gasteiger partial charge in [-0.3, -0.25) is 4.79 Å². The third-order valence-corrected chi connectivity index (χ3v) is 6.27. The first kappa shape index (κ1) is 16.1. The lowest BCUT2D eigenvalue weighted by Gasteiger charge is -2.25. The van der Waals surface area contributed by atoms with Crippen molar-refractivity contribution < 1.29 is 17.9 Å². The summed E-state index contributed by atoms with van der Waals surface area (Å²) in [7, 11) is -3.58. The van der Waals surface area contributed by atoms with E-state index in [1.807, 2.05) is 0 Å². The van der Waals surface area contributed by atoms with Crippen molar-refractivity contribution in [3.63, 3.8) is 0 Å². The fourth-order valence-corrected chi connectivity index (χ4v) is 4.69. The van der Waals surface area contributed by atoms with E-state index in [1.54, 1.807) is 24.4 Å². The molecule has 0 bridgehead atoms. The molecule has 7 nitrogen and oxygen atoms in total. The van der Waals surface area contributed by atoms with E-state index in [-0.39, 0.29) is 10.8 Å². The van der Waals surface area contributed by atoms with Gasteiger partial charge in [-0.2, -0.15) is 4.31 Å². The Morgan fingerprint density at radius 3 is 2.78 bits per heavy atom. The van der Waals surface area contributed by atoms with Gasteiger partial charge in [-0.1, -0.05) is 6.07 Å². The molecule has 9 heteroatoms. The molecule has 1 N–H and O–H groups in total. The van der Waals surface area contributed by atoms with Crippen LogP contribution in [0.4, 0.5) is 5.82 Å². The molecule has 1 saturated heterocycles. The van der Waals surface area contributed by atoms with Crippen molar-refractivity contribution in [2.75, 3.05) is 31.6 Å². The van der Waals surface area contributed by atoms with Gasteiger partial charge in [0, 0.05) is 24.7 Å². The molecule has 2 aromatic rings. The number of ether oxygens (including phenoxy) is 1. The first-order chi connectivity index (χ1) is 11.1. The largest absolute Gasteiger partial charge is 0.379 e. The van der Waals surface area contributed by atoms with E-state index in [2.05, 4.69) is 10.3 Å². The average molecular weight is 353 g/mol. The molecular weight excluding hydrogens is 338 g/mol. The molecule has 1 aliphatic heterocycles. The molecule has 0 atom stereocenters. The summed E-state index contributed by atoms with van der Waals surface area (Å²) in [6.45, 7) is 1.42. The molecule has 0 aromatic carbocycles. The highest BCUT2D eigenvalue weighted by Gasteiger charge is 2.28. The third kappa shape index (κ3) is 3.58. The summed E-state index contributed by atoms with van der Waals surface area (Å²) in [5.41, 5.74) is 0. The molecular formula is C14H15N3O4S2. The molecule has 0 aliphatic carbocycles. The number of pyridine rings is 1. The fraction of sp³-hybridized carbons (Fsp3) is 0.286. The smallest absolute Gasteiger partial charge is 0.266 e. The Hall–Kier alpha value is -1.81. The number of morpholine rings is 1. The number of hydrogen-bond donors (Lipinski definition) is 1. The maximum absolute atomic E-state index is 12.5. The number of anilines is 1. The van der Waals surface area contributed by atoms with Gasteiger partial charge >= 0.3 is 0 Å². The van der Waals surface area contributed by atoms with Crippen LogP contribution in [0.3, 0.4) is 0 Å². The van der Waals surface area contributed by atoms with Crippen LogP contribution in [0.5, 0.6) is 0 Å². The van der Waals surface area contributed by atoms with Gasteiger partial charge in [-0.15, -0.1) is 11.3 Å². The molecule has 1 fully saturated rings. The highest BCUT2D eigenvalue weighted by Crippen LogP contribution is 2.24. The second kappa shape index (κ2) is 6.75. The summed E-state index contributed by atoms with van der Waals surface area (Å²) >= 11 is 1.09. The standard InChI is InChI=1S/C14H15N3O4S2/c18-14(16-13-3-1-2-4-15-13)12-9-11(10-22-12)23(19,20)17-5-7-21-8-6-17/h1-4,9-10H,5-8H2,(H,15,16,18). The SMILES string of the molecule is O=C(Nc1ccccn1)c1cc(S(=O)(=O)N2CCOCC2)cs1. The van der Waals surface area contributed by atoms with Crippen molar-refractivity contribution in [1.82, 2.24) is 9.29 Å². The van der Waals surface area contributed by atoms with Crippen LogP contribution in [0, 0.1) is 0 Å². The number of rotatable bonds is 4. The van der Waals surface area contributed by atoms with E-state index in [0.717, 1.165) is 11.3 Å². The van der Waals surface area contributed by atoms with Crippen LogP contribution in [0.15, 0.2) is 40.7 Å². The van der Waals surface area contributed by atoms with Crippen molar-refractivity contribution in [1.29, 1.82) is 0 Å². The molecule has 0 unspecified atom stereocenters. The van der Waals surface area contributed by atoms with Crippen LogP contribution in [-0.4, -0.2) is 49.9 Å². The Morgan fingerprint density at radius 1 is 1.30 bits per heavy atom. The topological polar surface area (TPSA) is 88.6 Å². The summed E-state index contributed by atoms with van der Waals surface area (Å²) in [4.78, 5) is 16.6. The van der Waals surface area contributed by atoms with Crippen molar-refractivity contribution in [2.45, 2.75) is 4.90 Å². The van der Waals surface area contributed by atoms with Crippen LogP contribution in [-0.2, 0) is 14.8 Å². The number of nitrogens with one attached hydrogen (secondary N) is 1. The summed E-state index contributed by atoms with van der Waals surface area (Å²) in [6, 6.07) is 6.56. The van der Waals surface area contributed by atoms with E-state index < -0.39 is 10.0 Å². The Labute approximate surface area is 138 Å². The van der Waals surface area contributed by atoms with E-state index in [1.165, 1.54) is 15.8 Å². The monoisotopic (exact) mass is 353 g/mol. The van der Waals surface area contributed by atoms with Gasteiger partial charge in [-0.25, -0.2) is 13.4 Å². The van der Waals surface area contributed by atoms with E-state index in [4.69, 9.17) is 4.74 Å². The number of aromatic nitrogens is 1. The molecule has 122 valence electrons. The van der Waals surface area contributed by atoms with Crippen molar-refractivity contribution >= 4 is 33.1 Å². The molecule has 0 radical (unpaired) electrons. The molecule has 2 aromatic heterocycles. The number of hydrogen-bond acceptors (Lipinski definition) is 6. The van der Waals surface area contributed by atoms with Gasteiger partial charge in [0.1, 0.15) is 5.82 Å². The van der Waals surface area contributed by atoms with Crippen LogP contribution in [0.2, 0.25) is 0 Å². The number of thiophene rings is 1. The molecule has 0 spiro atoms. The summed E-state index contributed by atoms with van der Waals surface area (Å²) in [5.74, 6) is 0.0422. The zero-order valence-electron chi connectivity index (χ0n) is 12.1. The molecule has 1 amide bonds. The summed E-state index contributed by atoms with van der Waals surface area (Å²) in [6.07, 6.45) is 1.57. The van der Waals surface area contributed by atoms with Crippen LogP contribution in [0.25, 0.3) is 0 Å². The van der Waals surface area contributed by atoms with E-state index >= 15 is 0 Å². The minimum atomic E-state index is -3.58. The highest BCUT2D eigenvalue weighted by atomic mass is 32.2. The van der Waals surface area contributed by atoms with Gasteiger partial charge in [0.2, 0.25) is 10.0 Å². The quantitative estimate of drug-likeness (QED) is 0.898. The number of carbonyl (C=O) groups excluding carboxylic acids is 1. The molecule has 23 heavy (non-hydrogen) atoms. The third-order valence-electron chi connectivity index (χ3n) is 3.31. The Morgan fingerprint density at radius 2 is 2.09 bits per heavy atom. The highest BCUT2D eigenvalue weighted by molar-refractivity contribution is 7.89. The maximum atomic E-state index is 12.5. The van der Waals surface area contributed by atoms with E-state index in [9.17, 15) is 13.2 Å². The molecule has 1 aliphatic rings. The van der Waals surface area contributed by atoms with Crippen molar-refractivity contribution in [3.05, 3.63) is 40.7 Å². The summed E-state index contributed by atoms with van der Waals surface area (Å²) in [5, 5.41) is 4.12. The van der Waals surface area contributed by atoms with Gasteiger partial charge in [0.25, 0.3) is 5.91 Å². The predicted octanol–water partition coefficient (Wildman–Crippen LogP) is 1.42. The number of nitrogens with zero attached hydrogens (tertiary/aromatic N) is 2. The van der Waals surface area contributed by atoms with Gasteiger partial charge in [-0.05, 0) is 18.2 Å². The van der Waals surface area contributed by atoms with Crippen LogP contribution < -0.4 is 5.32 Å². The predicted molar refractivity (Wildman–Crippen MR) is 86.1 cm³/mol. The normalized spacial score (nSPS) is 16.2. The zero-order valence-corrected chi connectivity index (χ0v) is 13.8. The van der Waals surface area contributed by atoms with Crippen molar-refractivity contribution in [2.24, 2.45) is 0 Å². The zero-order chi connectivity index (χ0) is 16.3. The van der Waals surface area contributed by atoms with Gasteiger partial charge in [0.05, 0.1) is 23.0 Å². The average Bonchev–Trinajstić information content (AvgIpc) is 3.07. The Balaban J connectivity index is 1.76. The van der Waals surface area contributed by atoms with Crippen molar-refractivity contribution in [3.8, 4) is 0 Å². The number of amides is 1.